The zero-order valence-corrected chi connectivity index (χ0v) is 77.6. The van der Waals surface area contributed by atoms with Crippen molar-refractivity contribution in [1.82, 2.24) is 0 Å². The Labute approximate surface area is 809 Å². The van der Waals surface area contributed by atoms with Crippen LogP contribution in [0, 0.1) is 0 Å². The molecule has 0 amide bonds. The third-order valence-corrected chi connectivity index (χ3v) is 28.1. The molecule has 2 aliphatic rings. The molecule has 0 radical (unpaired) electrons. The Morgan fingerprint density at radius 1 is 0.123 bits per heavy atom. The van der Waals surface area contributed by atoms with Gasteiger partial charge in [0.1, 0.15) is 0 Å². The van der Waals surface area contributed by atoms with Crippen molar-refractivity contribution in [2.45, 2.75) is 38.5 Å². The highest BCUT2D eigenvalue weighted by molar-refractivity contribution is 5.99. The Kier molecular flexibility index (Phi) is 22.4. The van der Waals surface area contributed by atoms with Gasteiger partial charge in [0.15, 0.2) is 0 Å². The predicted molar refractivity (Wildman–Crippen MR) is 585 cm³/mol. The Balaban J connectivity index is 0.000000155. The standard InChI is InChI=1S/2C67H50N2/c1-67(2)65-45-59(68(55-21-10-5-11-22-55)56-37-31-52(32-38-56)50-27-25-49(26-28-50)47-15-6-3-7-16-47)41-43-63(65)64-44-42-60(46-66(64)67)69(57-35-29-51(30-36-57)48-17-8-4-9-18-48)58-39-33-54(34-40-58)62-24-14-20-53-19-12-13-23-61(53)62;1-67(2)65-45-61(68(57-20-10-5-11-21-57)58-36-30-53(31-37-58)51-24-22-50(23-25-51)47-14-6-3-7-15-47)40-42-63(65)64-43-41-62(46-66(64)67)69(59-34-28-52(29-35-59)48-16-8-4-9-17-48)60-38-32-54(33-39-60)56-27-26-49-18-12-13-19-55(49)44-56/h2*3-46H,1-2H3. The zero-order chi connectivity index (χ0) is 92.6. The summed E-state index contributed by atoms with van der Waals surface area (Å²) in [6.07, 6.45) is 0. The lowest BCUT2D eigenvalue weighted by Gasteiger charge is -2.29. The van der Waals surface area contributed by atoms with Crippen LogP contribution in [0.5, 0.6) is 0 Å². The summed E-state index contributed by atoms with van der Waals surface area (Å²) < 4.78 is 0. The molecule has 0 saturated carbocycles. The van der Waals surface area contributed by atoms with Crippen LogP contribution in [0.25, 0.3) is 133 Å². The summed E-state index contributed by atoms with van der Waals surface area (Å²) in [6.45, 7) is 9.53. The topological polar surface area (TPSA) is 13.0 Å². The molecule has 4 nitrogen and oxygen atoms in total. The zero-order valence-electron chi connectivity index (χ0n) is 77.6. The van der Waals surface area contributed by atoms with Crippen LogP contribution in [-0.2, 0) is 10.8 Å². The van der Waals surface area contributed by atoms with E-state index >= 15 is 0 Å². The van der Waals surface area contributed by atoms with Crippen molar-refractivity contribution in [2.75, 3.05) is 19.6 Å². The van der Waals surface area contributed by atoms with E-state index in [1.54, 1.807) is 0 Å². The van der Waals surface area contributed by atoms with E-state index in [1.165, 1.54) is 155 Å². The lowest BCUT2D eigenvalue weighted by Crippen LogP contribution is -2.17. The molecule has 0 aliphatic heterocycles. The molecule has 22 aromatic carbocycles. The van der Waals surface area contributed by atoms with E-state index in [-0.39, 0.29) is 10.8 Å². The summed E-state index contributed by atoms with van der Waals surface area (Å²) in [5.74, 6) is 0. The molecule has 0 bridgehead atoms. The maximum Gasteiger partial charge on any atom is 0.0465 e. The summed E-state index contributed by atoms with van der Waals surface area (Å²) in [5, 5.41) is 5.00. The molecule has 2 aliphatic carbocycles. The van der Waals surface area contributed by atoms with Crippen molar-refractivity contribution in [3.63, 3.8) is 0 Å². The van der Waals surface area contributed by atoms with Crippen LogP contribution >= 0.6 is 0 Å². The summed E-state index contributed by atoms with van der Waals surface area (Å²) in [5.41, 5.74) is 42.6. The fourth-order valence-electron chi connectivity index (χ4n) is 20.8. The van der Waals surface area contributed by atoms with Gasteiger partial charge in [0.25, 0.3) is 0 Å². The van der Waals surface area contributed by atoms with Crippen LogP contribution in [0.3, 0.4) is 0 Å². The van der Waals surface area contributed by atoms with E-state index in [4.69, 9.17) is 0 Å². The highest BCUT2D eigenvalue weighted by Gasteiger charge is 2.39. The van der Waals surface area contributed by atoms with E-state index in [1.807, 2.05) is 0 Å². The fourth-order valence-corrected chi connectivity index (χ4v) is 20.8. The summed E-state index contributed by atoms with van der Waals surface area (Å²) in [6, 6.07) is 194. The maximum absolute atomic E-state index is 2.43. The van der Waals surface area contributed by atoms with Gasteiger partial charge in [0.05, 0.1) is 0 Å². The molecule has 0 N–H and O–H groups in total. The third-order valence-electron chi connectivity index (χ3n) is 28.1. The minimum absolute atomic E-state index is 0.266. The Bertz CT molecular complexity index is 8120. The molecule has 0 aromatic heterocycles. The molecule has 24 rings (SSSR count). The highest BCUT2D eigenvalue weighted by atomic mass is 15.2. The molecular formula is C134H100N4. The van der Waals surface area contributed by atoms with Crippen LogP contribution < -0.4 is 19.6 Å². The van der Waals surface area contributed by atoms with Crippen molar-refractivity contribution >= 4 is 89.8 Å². The van der Waals surface area contributed by atoms with Gasteiger partial charge in [-0.2, -0.15) is 0 Å². The number of hydrogen-bond donors (Lipinski definition) is 0. The Morgan fingerprint density at radius 3 is 0.623 bits per heavy atom. The first-order chi connectivity index (χ1) is 67.9. The van der Waals surface area contributed by atoms with Gasteiger partial charge in [-0.1, -0.05) is 410 Å². The number of hydrogen-bond acceptors (Lipinski definition) is 4. The molecule has 0 saturated heterocycles. The summed E-state index contributed by atoms with van der Waals surface area (Å²) in [4.78, 5) is 9.58. The first kappa shape index (κ1) is 84.8. The third kappa shape index (κ3) is 16.5. The molecule has 656 valence electrons. The van der Waals surface area contributed by atoms with Crippen molar-refractivity contribution in [3.8, 4) is 111 Å². The van der Waals surface area contributed by atoms with Gasteiger partial charge in [-0.25, -0.2) is 0 Å². The van der Waals surface area contributed by atoms with Crippen LogP contribution in [0.15, 0.2) is 534 Å². The number of fused-ring (bicyclic) bond motifs is 8. The quantitative estimate of drug-likeness (QED) is 0.0754. The molecule has 0 unspecified atom stereocenters. The molecule has 0 spiro atoms. The maximum atomic E-state index is 2.43. The first-order valence-electron chi connectivity index (χ1n) is 47.8. The number of rotatable bonds is 20. The second-order valence-corrected chi connectivity index (χ2v) is 37.2. The second kappa shape index (κ2) is 36.5. The molecule has 0 heterocycles. The first-order valence-corrected chi connectivity index (χ1v) is 47.8. The van der Waals surface area contributed by atoms with Crippen LogP contribution in [0.4, 0.5) is 68.2 Å². The smallest absolute Gasteiger partial charge is 0.0465 e. The molecule has 138 heavy (non-hydrogen) atoms. The van der Waals surface area contributed by atoms with Gasteiger partial charge in [0.2, 0.25) is 0 Å². The van der Waals surface area contributed by atoms with Crippen molar-refractivity contribution < 1.29 is 0 Å². The lowest BCUT2D eigenvalue weighted by atomic mass is 9.82. The van der Waals surface area contributed by atoms with Crippen LogP contribution in [-0.4, -0.2) is 0 Å². The van der Waals surface area contributed by atoms with E-state index in [0.717, 1.165) is 68.2 Å². The predicted octanol–water partition coefficient (Wildman–Crippen LogP) is 37.5. The molecule has 22 aromatic rings. The monoisotopic (exact) mass is 1760 g/mol. The minimum atomic E-state index is -0.268. The number of benzene rings is 22. The number of nitrogens with zero attached hydrogens (tertiary/aromatic N) is 4. The van der Waals surface area contributed by atoms with Gasteiger partial charge in [-0.15, -0.1) is 0 Å². The Hall–Kier alpha value is -17.4. The average molecular weight is 1770 g/mol. The van der Waals surface area contributed by atoms with Crippen molar-refractivity contribution in [1.29, 1.82) is 0 Å². The van der Waals surface area contributed by atoms with E-state index in [2.05, 4.69) is 581 Å². The van der Waals surface area contributed by atoms with Crippen molar-refractivity contribution in [3.05, 3.63) is 556 Å². The number of anilines is 12. The van der Waals surface area contributed by atoms with Gasteiger partial charge in [0, 0.05) is 79.1 Å². The lowest BCUT2D eigenvalue weighted by molar-refractivity contribution is 0.660. The van der Waals surface area contributed by atoms with E-state index in [9.17, 15) is 0 Å². The van der Waals surface area contributed by atoms with Crippen LogP contribution in [0.2, 0.25) is 0 Å². The van der Waals surface area contributed by atoms with Gasteiger partial charge in [-0.05, 0) is 307 Å². The molecule has 4 heteroatoms. The average Bonchev–Trinajstić information content (AvgIpc) is 1.57. The summed E-state index contributed by atoms with van der Waals surface area (Å²) in [7, 11) is 0. The van der Waals surface area contributed by atoms with E-state index < -0.39 is 0 Å². The highest BCUT2D eigenvalue weighted by Crippen LogP contribution is 2.56. The Morgan fingerprint density at radius 2 is 0.326 bits per heavy atom. The molecule has 0 fully saturated rings. The molecule has 0 atom stereocenters. The summed E-state index contributed by atoms with van der Waals surface area (Å²) >= 11 is 0. The molecular weight excluding hydrogens is 1670 g/mol. The van der Waals surface area contributed by atoms with Crippen LogP contribution in [0.1, 0.15) is 49.9 Å². The SMILES string of the molecule is CC1(C)c2cc(N(c3ccccc3)c3ccc(-c4ccc(-c5ccccc5)cc4)cc3)ccc2-c2ccc(N(c3ccc(-c4ccccc4)cc3)c3ccc(-c4ccc5ccccc5c4)cc3)cc21.CC1(C)c2cc(N(c3ccccc3)c3ccc(-c4ccc(-c5ccccc5)cc4)cc3)ccc2-c2ccc(N(c3ccc(-c4ccccc4)cc3)c3ccc(-c4cccc5ccccc45)cc3)cc21. The normalized spacial score (nSPS) is 12.3. The van der Waals surface area contributed by atoms with Crippen molar-refractivity contribution in [2.24, 2.45) is 0 Å². The fraction of sp³-hybridized carbons (Fsp3) is 0.0448. The largest absolute Gasteiger partial charge is 0.310 e. The van der Waals surface area contributed by atoms with Gasteiger partial charge >= 0.3 is 0 Å². The minimum Gasteiger partial charge on any atom is -0.310 e. The van der Waals surface area contributed by atoms with E-state index in [0.29, 0.717) is 0 Å². The number of para-hydroxylation sites is 2. The van der Waals surface area contributed by atoms with Gasteiger partial charge < -0.3 is 19.6 Å². The van der Waals surface area contributed by atoms with Gasteiger partial charge in [-0.3, -0.25) is 0 Å². The second-order valence-electron chi connectivity index (χ2n) is 37.2.